The molecule has 0 aromatic carbocycles. The first-order valence-corrected chi connectivity index (χ1v) is 9.75. The van der Waals surface area contributed by atoms with Crippen molar-refractivity contribution in [1.29, 1.82) is 0 Å². The molecule has 12 heteroatoms. The minimum Gasteiger partial charge on any atom is -0.465 e. The maximum atomic E-state index is 12.9. The summed E-state index contributed by atoms with van der Waals surface area (Å²) in [5.74, 6) is -2.01. The maximum Gasteiger partial charge on any atom is 0.405 e. The Kier molecular flexibility index (Phi) is 7.44. The Morgan fingerprint density at radius 2 is 1.96 bits per heavy atom. The molecule has 2 fully saturated rings. The number of hydrogen-bond acceptors (Lipinski definition) is 5. The fourth-order valence-electron chi connectivity index (χ4n) is 2.79. The Balaban J connectivity index is 1.95. The Labute approximate surface area is 165 Å². The largest absolute Gasteiger partial charge is 0.465 e. The fraction of sp³-hybridized carbons (Fsp3) is 0.750. The summed E-state index contributed by atoms with van der Waals surface area (Å²) in [6, 6.07) is -2.35. The van der Waals surface area contributed by atoms with E-state index in [0.29, 0.717) is 12.8 Å². The van der Waals surface area contributed by atoms with E-state index in [1.807, 2.05) is 12.2 Å². The number of carboxylic acid groups (broad SMARTS) is 1. The smallest absolute Gasteiger partial charge is 0.405 e. The fourth-order valence-corrected chi connectivity index (χ4v) is 3.59. The van der Waals surface area contributed by atoms with Gasteiger partial charge in [0.1, 0.15) is 18.6 Å². The van der Waals surface area contributed by atoms with E-state index in [4.69, 9.17) is 5.11 Å². The first-order valence-electron chi connectivity index (χ1n) is 8.94. The van der Waals surface area contributed by atoms with Crippen LogP contribution in [0.4, 0.5) is 13.6 Å². The second-order valence-corrected chi connectivity index (χ2v) is 8.50. The number of halogens is 2. The van der Waals surface area contributed by atoms with Crippen molar-refractivity contribution in [2.45, 2.75) is 62.3 Å². The van der Waals surface area contributed by atoms with Crippen LogP contribution in [0.5, 0.6) is 0 Å². The first-order chi connectivity index (χ1) is 13.1. The molecule has 158 valence electrons. The lowest BCUT2D eigenvalue weighted by atomic mass is 10.1. The molecule has 1 aliphatic heterocycles. The number of rotatable bonds is 9. The molecule has 4 N–H and O–H groups in total. The lowest BCUT2D eigenvalue weighted by Gasteiger charge is -2.26. The zero-order chi connectivity index (χ0) is 20.9. The van der Waals surface area contributed by atoms with E-state index in [1.165, 1.54) is 4.90 Å². The predicted molar refractivity (Wildman–Crippen MR) is 96.7 cm³/mol. The molecule has 1 saturated heterocycles. The topological polar surface area (TPSA) is 128 Å². The van der Waals surface area contributed by atoms with Gasteiger partial charge in [-0.25, -0.2) is 13.6 Å². The lowest BCUT2D eigenvalue weighted by molar-refractivity contribution is -0.139. The van der Waals surface area contributed by atoms with Gasteiger partial charge in [-0.15, -0.1) is 0 Å². The zero-order valence-electron chi connectivity index (χ0n) is 15.4. The van der Waals surface area contributed by atoms with E-state index in [-0.39, 0.29) is 11.3 Å². The third-order valence-corrected chi connectivity index (χ3v) is 5.87. The van der Waals surface area contributed by atoms with E-state index < -0.39 is 55.3 Å². The number of hydrogen-bond donors (Lipinski definition) is 4. The number of nitrogens with one attached hydrogen (secondary N) is 3. The Morgan fingerprint density at radius 1 is 1.29 bits per heavy atom. The van der Waals surface area contributed by atoms with Crippen LogP contribution in [0.25, 0.3) is 0 Å². The van der Waals surface area contributed by atoms with Crippen LogP contribution in [-0.4, -0.2) is 70.2 Å². The molecule has 28 heavy (non-hydrogen) atoms. The van der Waals surface area contributed by atoms with E-state index >= 15 is 0 Å². The van der Waals surface area contributed by atoms with Crippen LogP contribution in [0.1, 0.15) is 39.0 Å². The van der Waals surface area contributed by atoms with Crippen LogP contribution >= 0.6 is 11.9 Å². The highest BCUT2D eigenvalue weighted by molar-refractivity contribution is 7.99. The van der Waals surface area contributed by atoms with Gasteiger partial charge < -0.3 is 20.6 Å². The lowest BCUT2D eigenvalue weighted by Crippen LogP contribution is -2.54. The van der Waals surface area contributed by atoms with Crippen LogP contribution in [0, 0.1) is 0 Å². The minimum absolute atomic E-state index is 0.0964. The van der Waals surface area contributed by atoms with Crippen molar-refractivity contribution in [3.8, 4) is 0 Å². The average Bonchev–Trinajstić information content (AvgIpc) is 3.15. The highest BCUT2D eigenvalue weighted by Crippen LogP contribution is 2.46. The molecule has 0 spiro atoms. The van der Waals surface area contributed by atoms with Gasteiger partial charge >= 0.3 is 6.09 Å². The molecule has 1 heterocycles. The molecule has 0 aromatic heterocycles. The van der Waals surface area contributed by atoms with Gasteiger partial charge in [-0.2, -0.15) is 0 Å². The number of carbonyl (C=O) groups excluding carboxylic acids is 3. The summed E-state index contributed by atoms with van der Waals surface area (Å²) in [6.07, 6.45) is -2.36. The maximum absolute atomic E-state index is 12.9. The SMILES string of the molecule is CC1(SNC(=O)C(CC(F)F)NC(=O)C2CCCN2C(=O)CNC(=O)O)CC1. The van der Waals surface area contributed by atoms with Crippen molar-refractivity contribution in [1.82, 2.24) is 20.3 Å². The molecule has 2 unspecified atom stereocenters. The molecule has 0 bridgehead atoms. The number of amides is 4. The third-order valence-electron chi connectivity index (χ3n) is 4.67. The molecule has 1 aliphatic carbocycles. The van der Waals surface area contributed by atoms with Gasteiger partial charge in [-0.05, 0) is 44.6 Å². The summed E-state index contributed by atoms with van der Waals surface area (Å²) in [5, 5.41) is 12.8. The van der Waals surface area contributed by atoms with Crippen molar-refractivity contribution in [2.75, 3.05) is 13.1 Å². The Morgan fingerprint density at radius 3 is 2.54 bits per heavy atom. The van der Waals surface area contributed by atoms with Crippen molar-refractivity contribution >= 4 is 35.8 Å². The summed E-state index contributed by atoms with van der Waals surface area (Å²) in [5.41, 5.74) is 0. The Hall–Kier alpha value is -2.11. The normalized spacial score (nSPS) is 21.1. The zero-order valence-corrected chi connectivity index (χ0v) is 16.2. The first kappa shape index (κ1) is 22.2. The summed E-state index contributed by atoms with van der Waals surface area (Å²) < 4.78 is 28.2. The van der Waals surface area contributed by atoms with Gasteiger partial charge in [0, 0.05) is 17.7 Å². The molecular formula is C16H24F2N4O5S. The van der Waals surface area contributed by atoms with Crippen LogP contribution in [0.15, 0.2) is 0 Å². The molecule has 9 nitrogen and oxygen atoms in total. The molecule has 4 amide bonds. The second kappa shape index (κ2) is 9.39. The van der Waals surface area contributed by atoms with E-state index in [9.17, 15) is 28.0 Å². The summed E-state index contributed by atoms with van der Waals surface area (Å²) in [7, 11) is 0. The standard InChI is InChI=1S/C16H24F2N4O5S/c1-16(4-5-16)28-21-13(24)9(7-11(17)18)20-14(25)10-3-2-6-22(10)12(23)8-19-15(26)27/h9-11,19H,2-8H2,1H3,(H,20,25)(H,21,24)(H,26,27). The monoisotopic (exact) mass is 422 g/mol. The molecule has 2 atom stereocenters. The molecule has 0 aromatic rings. The van der Waals surface area contributed by atoms with Crippen LogP contribution in [-0.2, 0) is 14.4 Å². The molecular weight excluding hydrogens is 398 g/mol. The highest BCUT2D eigenvalue weighted by atomic mass is 32.2. The number of likely N-dealkylation sites (tertiary alicyclic amines) is 1. The van der Waals surface area contributed by atoms with Gasteiger partial charge in [0.15, 0.2) is 0 Å². The number of alkyl halides is 2. The van der Waals surface area contributed by atoms with Crippen molar-refractivity contribution in [3.05, 3.63) is 0 Å². The molecule has 1 saturated carbocycles. The van der Waals surface area contributed by atoms with Crippen molar-refractivity contribution < 1.29 is 33.1 Å². The van der Waals surface area contributed by atoms with Gasteiger partial charge in [0.2, 0.25) is 18.2 Å². The van der Waals surface area contributed by atoms with E-state index in [1.54, 1.807) is 0 Å². The predicted octanol–water partition coefficient (Wildman–Crippen LogP) is 0.702. The summed E-state index contributed by atoms with van der Waals surface area (Å²) in [6.45, 7) is 1.69. The van der Waals surface area contributed by atoms with Gasteiger partial charge in [0.25, 0.3) is 5.91 Å². The van der Waals surface area contributed by atoms with Crippen molar-refractivity contribution in [2.24, 2.45) is 0 Å². The summed E-state index contributed by atoms with van der Waals surface area (Å²) in [4.78, 5) is 48.6. The summed E-state index contributed by atoms with van der Waals surface area (Å²) >= 11 is 1.16. The van der Waals surface area contributed by atoms with E-state index in [0.717, 1.165) is 24.8 Å². The quantitative estimate of drug-likeness (QED) is 0.405. The van der Waals surface area contributed by atoms with Gasteiger partial charge in [-0.3, -0.25) is 19.1 Å². The Bertz CT molecular complexity index is 632. The second-order valence-electron chi connectivity index (χ2n) is 7.11. The van der Waals surface area contributed by atoms with Crippen LogP contribution in [0.3, 0.4) is 0 Å². The molecule has 0 radical (unpaired) electrons. The third kappa shape index (κ3) is 6.50. The van der Waals surface area contributed by atoms with Crippen LogP contribution in [0.2, 0.25) is 0 Å². The highest BCUT2D eigenvalue weighted by Gasteiger charge is 2.40. The van der Waals surface area contributed by atoms with Gasteiger partial charge in [-0.1, -0.05) is 0 Å². The van der Waals surface area contributed by atoms with E-state index in [2.05, 4.69) is 10.0 Å². The average molecular weight is 422 g/mol. The van der Waals surface area contributed by atoms with Gasteiger partial charge in [0.05, 0.1) is 0 Å². The minimum atomic E-state index is -2.79. The van der Waals surface area contributed by atoms with Crippen LogP contribution < -0.4 is 15.4 Å². The number of nitrogens with zero attached hydrogens (tertiary/aromatic N) is 1. The number of carbonyl (C=O) groups is 4. The molecule has 2 aliphatic rings. The van der Waals surface area contributed by atoms with Crippen molar-refractivity contribution in [3.63, 3.8) is 0 Å². The molecule has 2 rings (SSSR count).